The van der Waals surface area contributed by atoms with E-state index in [1.807, 2.05) is 0 Å². The zero-order valence-electron chi connectivity index (χ0n) is 8.80. The van der Waals surface area contributed by atoms with Crippen LogP contribution in [0.3, 0.4) is 0 Å². The molecular formula is C9H16O6. The summed E-state index contributed by atoms with van der Waals surface area (Å²) in [4.78, 5) is 21.4. The first-order valence-corrected chi connectivity index (χ1v) is 4.58. The molecule has 6 heteroatoms. The number of esters is 2. The summed E-state index contributed by atoms with van der Waals surface area (Å²) in [5.41, 5.74) is 0. The molecule has 0 bridgehead atoms. The summed E-state index contributed by atoms with van der Waals surface area (Å²) >= 11 is 0. The fraction of sp³-hybridized carbons (Fsp3) is 0.778. The van der Waals surface area contributed by atoms with Crippen LogP contribution in [0.15, 0.2) is 0 Å². The number of carbonyl (C=O) groups is 2. The van der Waals surface area contributed by atoms with Gasteiger partial charge in [-0.15, -0.1) is 0 Å². The molecule has 0 aliphatic carbocycles. The molecule has 0 spiro atoms. The Hall–Kier alpha value is -1.14. The molecule has 0 aliphatic heterocycles. The Labute approximate surface area is 87.8 Å². The van der Waals surface area contributed by atoms with Gasteiger partial charge in [0.2, 0.25) is 0 Å². The molecule has 2 N–H and O–H groups in total. The van der Waals surface area contributed by atoms with E-state index in [1.54, 1.807) is 13.8 Å². The number of hydrogen-bond acceptors (Lipinski definition) is 6. The molecule has 0 heterocycles. The number of aliphatic hydroxyl groups excluding tert-OH is 2. The molecule has 0 aromatic rings. The Kier molecular flexibility index (Phi) is 6.64. The van der Waals surface area contributed by atoms with E-state index in [1.165, 1.54) is 0 Å². The summed E-state index contributed by atoms with van der Waals surface area (Å²) in [5, 5.41) is 16.9. The third kappa shape index (κ3) is 6.03. The molecule has 0 aromatic heterocycles. The SMILES string of the molecule is CC(C)C(COC(=O)CO)OC(=O)CO. The van der Waals surface area contributed by atoms with Gasteiger partial charge >= 0.3 is 11.9 Å². The highest BCUT2D eigenvalue weighted by Crippen LogP contribution is 2.07. The van der Waals surface area contributed by atoms with E-state index in [9.17, 15) is 9.59 Å². The van der Waals surface area contributed by atoms with Gasteiger partial charge in [0.05, 0.1) is 0 Å². The highest BCUT2D eigenvalue weighted by molar-refractivity contribution is 5.71. The van der Waals surface area contributed by atoms with Crippen molar-refractivity contribution in [3.8, 4) is 0 Å². The van der Waals surface area contributed by atoms with Gasteiger partial charge in [-0.25, -0.2) is 9.59 Å². The molecule has 0 aromatic carbocycles. The van der Waals surface area contributed by atoms with Crippen molar-refractivity contribution in [2.45, 2.75) is 20.0 Å². The normalized spacial score (nSPS) is 12.3. The molecule has 0 saturated carbocycles. The Morgan fingerprint density at radius 1 is 1.13 bits per heavy atom. The van der Waals surface area contributed by atoms with Crippen molar-refractivity contribution in [1.29, 1.82) is 0 Å². The summed E-state index contributed by atoms with van der Waals surface area (Å²) in [6.45, 7) is 2.02. The molecule has 15 heavy (non-hydrogen) atoms. The van der Waals surface area contributed by atoms with Crippen molar-refractivity contribution >= 4 is 11.9 Å². The van der Waals surface area contributed by atoms with Crippen molar-refractivity contribution in [1.82, 2.24) is 0 Å². The fourth-order valence-electron chi connectivity index (χ4n) is 0.789. The molecule has 0 saturated heterocycles. The molecular weight excluding hydrogens is 204 g/mol. The van der Waals surface area contributed by atoms with Crippen molar-refractivity contribution in [2.75, 3.05) is 19.8 Å². The molecule has 0 amide bonds. The predicted molar refractivity (Wildman–Crippen MR) is 49.8 cm³/mol. The van der Waals surface area contributed by atoms with Gasteiger partial charge in [-0.3, -0.25) is 0 Å². The zero-order valence-corrected chi connectivity index (χ0v) is 8.80. The van der Waals surface area contributed by atoms with Gasteiger partial charge in [0.15, 0.2) is 0 Å². The van der Waals surface area contributed by atoms with E-state index >= 15 is 0 Å². The summed E-state index contributed by atoms with van der Waals surface area (Å²) in [6, 6.07) is 0. The van der Waals surface area contributed by atoms with Crippen LogP contribution in [0.2, 0.25) is 0 Å². The number of ether oxygens (including phenoxy) is 2. The second-order valence-electron chi connectivity index (χ2n) is 3.27. The van der Waals surface area contributed by atoms with Crippen LogP contribution in [-0.4, -0.2) is 48.1 Å². The van der Waals surface area contributed by atoms with Gasteiger partial charge in [-0.2, -0.15) is 0 Å². The maximum atomic E-state index is 10.8. The maximum Gasteiger partial charge on any atom is 0.332 e. The molecule has 0 fully saturated rings. The number of carbonyl (C=O) groups excluding carboxylic acids is 2. The standard InChI is InChI=1S/C9H16O6/c1-6(2)7(15-9(13)4-11)5-14-8(12)3-10/h6-7,10-11H,3-5H2,1-2H3. The highest BCUT2D eigenvalue weighted by Gasteiger charge is 2.19. The van der Waals surface area contributed by atoms with Crippen LogP contribution in [0.1, 0.15) is 13.8 Å². The van der Waals surface area contributed by atoms with Crippen LogP contribution >= 0.6 is 0 Å². The first-order valence-electron chi connectivity index (χ1n) is 4.58. The van der Waals surface area contributed by atoms with Crippen molar-refractivity contribution < 1.29 is 29.3 Å². The first-order chi connectivity index (χ1) is 7.01. The lowest BCUT2D eigenvalue weighted by Gasteiger charge is -2.20. The lowest BCUT2D eigenvalue weighted by molar-refractivity contribution is -0.165. The highest BCUT2D eigenvalue weighted by atomic mass is 16.6. The topological polar surface area (TPSA) is 93.1 Å². The van der Waals surface area contributed by atoms with Gasteiger partial charge in [-0.1, -0.05) is 13.8 Å². The molecule has 88 valence electrons. The monoisotopic (exact) mass is 220 g/mol. The third-order valence-corrected chi connectivity index (χ3v) is 1.69. The number of hydrogen-bond donors (Lipinski definition) is 2. The molecule has 0 aliphatic rings. The van der Waals surface area contributed by atoms with E-state index in [2.05, 4.69) is 4.74 Å². The minimum absolute atomic E-state index is 0.0491. The van der Waals surface area contributed by atoms with Crippen LogP contribution in [0.5, 0.6) is 0 Å². The lowest BCUT2D eigenvalue weighted by Crippen LogP contribution is -2.31. The lowest BCUT2D eigenvalue weighted by atomic mass is 10.1. The van der Waals surface area contributed by atoms with E-state index in [-0.39, 0.29) is 12.5 Å². The van der Waals surface area contributed by atoms with Gasteiger partial charge in [0, 0.05) is 0 Å². The van der Waals surface area contributed by atoms with Crippen molar-refractivity contribution in [3.05, 3.63) is 0 Å². The van der Waals surface area contributed by atoms with E-state index < -0.39 is 31.3 Å². The second-order valence-corrected chi connectivity index (χ2v) is 3.27. The molecule has 0 radical (unpaired) electrons. The number of rotatable bonds is 6. The van der Waals surface area contributed by atoms with Gasteiger partial charge in [0.1, 0.15) is 25.9 Å². The van der Waals surface area contributed by atoms with Crippen LogP contribution in [0.25, 0.3) is 0 Å². The Bertz CT molecular complexity index is 213. The molecule has 6 nitrogen and oxygen atoms in total. The average molecular weight is 220 g/mol. The molecule has 0 rings (SSSR count). The minimum atomic E-state index is -0.777. The van der Waals surface area contributed by atoms with Crippen LogP contribution in [-0.2, 0) is 19.1 Å². The quantitative estimate of drug-likeness (QED) is 0.562. The van der Waals surface area contributed by atoms with E-state index in [0.717, 1.165) is 0 Å². The first kappa shape index (κ1) is 13.9. The zero-order chi connectivity index (χ0) is 11.8. The number of aliphatic hydroxyl groups is 2. The summed E-state index contributed by atoms with van der Waals surface area (Å²) in [6.07, 6.45) is -0.611. The summed E-state index contributed by atoms with van der Waals surface area (Å²) < 4.78 is 9.42. The van der Waals surface area contributed by atoms with E-state index in [4.69, 9.17) is 14.9 Å². The van der Waals surface area contributed by atoms with Gasteiger partial charge in [-0.05, 0) is 5.92 Å². The Morgan fingerprint density at radius 2 is 1.67 bits per heavy atom. The van der Waals surface area contributed by atoms with Crippen LogP contribution in [0, 0.1) is 5.92 Å². The molecule has 1 unspecified atom stereocenters. The maximum absolute atomic E-state index is 10.8. The largest absolute Gasteiger partial charge is 0.460 e. The van der Waals surface area contributed by atoms with E-state index in [0.29, 0.717) is 0 Å². The average Bonchev–Trinajstić information content (AvgIpc) is 2.22. The van der Waals surface area contributed by atoms with Crippen LogP contribution < -0.4 is 0 Å². The van der Waals surface area contributed by atoms with Gasteiger partial charge < -0.3 is 19.7 Å². The van der Waals surface area contributed by atoms with Crippen molar-refractivity contribution in [3.63, 3.8) is 0 Å². The molecule has 1 atom stereocenters. The summed E-state index contributed by atoms with van der Waals surface area (Å²) in [7, 11) is 0. The predicted octanol–water partition coefficient (Wildman–Crippen LogP) is -0.918. The van der Waals surface area contributed by atoms with Crippen molar-refractivity contribution in [2.24, 2.45) is 5.92 Å². The smallest absolute Gasteiger partial charge is 0.332 e. The van der Waals surface area contributed by atoms with Gasteiger partial charge in [0.25, 0.3) is 0 Å². The summed E-state index contributed by atoms with van der Waals surface area (Å²) in [5.74, 6) is -1.60. The minimum Gasteiger partial charge on any atom is -0.460 e. The fourth-order valence-corrected chi connectivity index (χ4v) is 0.789. The van der Waals surface area contributed by atoms with Crippen LogP contribution in [0.4, 0.5) is 0 Å². The second kappa shape index (κ2) is 7.19. The Balaban J connectivity index is 4.05. The Morgan fingerprint density at radius 3 is 2.07 bits per heavy atom. The third-order valence-electron chi connectivity index (χ3n) is 1.69.